The lowest BCUT2D eigenvalue weighted by atomic mass is 9.92. The molecule has 0 atom stereocenters. The van der Waals surface area contributed by atoms with Crippen LogP contribution in [0.3, 0.4) is 0 Å². The van der Waals surface area contributed by atoms with Gasteiger partial charge in [-0.1, -0.05) is 13.8 Å². The lowest BCUT2D eigenvalue weighted by Gasteiger charge is -2.33. The van der Waals surface area contributed by atoms with E-state index >= 15 is 0 Å². The summed E-state index contributed by atoms with van der Waals surface area (Å²) in [4.78, 5) is 11.2. The first-order valence-electron chi connectivity index (χ1n) is 6.36. The van der Waals surface area contributed by atoms with Gasteiger partial charge in [0, 0.05) is 23.3 Å². The van der Waals surface area contributed by atoms with Crippen molar-refractivity contribution in [2.45, 2.75) is 39.2 Å². The van der Waals surface area contributed by atoms with Crippen LogP contribution in [0, 0.1) is 6.92 Å². The molecule has 18 heavy (non-hydrogen) atoms. The van der Waals surface area contributed by atoms with Gasteiger partial charge in [-0.05, 0) is 43.5 Å². The van der Waals surface area contributed by atoms with E-state index in [4.69, 9.17) is 11.5 Å². The fourth-order valence-electron chi connectivity index (χ4n) is 2.09. The zero-order chi connectivity index (χ0) is 13.8. The smallest absolute Gasteiger partial charge is 0.248 e. The number of hydrogen-bond donors (Lipinski definition) is 3. The van der Waals surface area contributed by atoms with E-state index in [-0.39, 0.29) is 5.54 Å². The van der Waals surface area contributed by atoms with E-state index in [1.54, 1.807) is 6.07 Å². The third-order valence-corrected chi connectivity index (χ3v) is 3.65. The second kappa shape index (κ2) is 5.87. The van der Waals surface area contributed by atoms with Crippen molar-refractivity contribution in [3.05, 3.63) is 29.3 Å². The molecule has 0 aliphatic carbocycles. The molecular formula is C14H23N3O. The lowest BCUT2D eigenvalue weighted by molar-refractivity contribution is 0.1000. The Balaban J connectivity index is 2.98. The molecule has 0 spiro atoms. The summed E-state index contributed by atoms with van der Waals surface area (Å²) in [6, 6.07) is 5.57. The predicted octanol–water partition coefficient (Wildman–Crippen LogP) is 2.02. The van der Waals surface area contributed by atoms with Gasteiger partial charge in [-0.2, -0.15) is 0 Å². The average molecular weight is 249 g/mol. The van der Waals surface area contributed by atoms with E-state index in [1.165, 1.54) is 0 Å². The second-order valence-electron chi connectivity index (χ2n) is 4.71. The van der Waals surface area contributed by atoms with Crippen molar-refractivity contribution in [3.8, 4) is 0 Å². The number of nitrogens with two attached hydrogens (primary N) is 2. The Hall–Kier alpha value is -1.55. The van der Waals surface area contributed by atoms with Crippen LogP contribution in [0.25, 0.3) is 0 Å². The molecule has 4 nitrogen and oxygen atoms in total. The van der Waals surface area contributed by atoms with Gasteiger partial charge in [-0.25, -0.2) is 0 Å². The van der Waals surface area contributed by atoms with E-state index < -0.39 is 5.91 Å². The predicted molar refractivity (Wildman–Crippen MR) is 75.7 cm³/mol. The van der Waals surface area contributed by atoms with Crippen LogP contribution in [0.2, 0.25) is 0 Å². The number of amides is 1. The Kier molecular flexibility index (Phi) is 4.73. The van der Waals surface area contributed by atoms with Gasteiger partial charge in [0.15, 0.2) is 0 Å². The Morgan fingerprint density at radius 1 is 1.33 bits per heavy atom. The van der Waals surface area contributed by atoms with Crippen molar-refractivity contribution in [3.63, 3.8) is 0 Å². The molecule has 5 N–H and O–H groups in total. The number of rotatable bonds is 6. The number of carbonyl (C=O) groups excluding carboxylic acids is 1. The van der Waals surface area contributed by atoms with Crippen LogP contribution in [-0.2, 0) is 0 Å². The molecule has 100 valence electrons. The van der Waals surface area contributed by atoms with Crippen LogP contribution < -0.4 is 16.8 Å². The highest BCUT2D eigenvalue weighted by atomic mass is 16.1. The minimum atomic E-state index is -0.393. The van der Waals surface area contributed by atoms with E-state index in [2.05, 4.69) is 19.2 Å². The summed E-state index contributed by atoms with van der Waals surface area (Å²) in [6.45, 7) is 6.70. The summed E-state index contributed by atoms with van der Waals surface area (Å²) in [5.74, 6) is -0.393. The Morgan fingerprint density at radius 3 is 2.33 bits per heavy atom. The Morgan fingerprint density at radius 2 is 1.94 bits per heavy atom. The maximum atomic E-state index is 11.2. The van der Waals surface area contributed by atoms with Gasteiger partial charge in [0.25, 0.3) is 0 Å². The SMILES string of the molecule is CCC(CC)(CN)Nc1ccc(C(N)=O)c(C)c1. The number of hydrogen-bond acceptors (Lipinski definition) is 3. The molecule has 0 aromatic heterocycles. The summed E-state index contributed by atoms with van der Waals surface area (Å²) in [6.07, 6.45) is 1.91. The largest absolute Gasteiger partial charge is 0.378 e. The minimum Gasteiger partial charge on any atom is -0.378 e. The Bertz CT molecular complexity index is 417. The number of anilines is 1. The third-order valence-electron chi connectivity index (χ3n) is 3.65. The van der Waals surface area contributed by atoms with Crippen molar-refractivity contribution in [1.82, 2.24) is 0 Å². The molecule has 0 fully saturated rings. The van der Waals surface area contributed by atoms with E-state index in [1.807, 2.05) is 19.1 Å². The molecule has 0 aliphatic heterocycles. The number of aryl methyl sites for hydroxylation is 1. The maximum Gasteiger partial charge on any atom is 0.248 e. The van der Waals surface area contributed by atoms with E-state index in [0.29, 0.717) is 12.1 Å². The summed E-state index contributed by atoms with van der Waals surface area (Å²) < 4.78 is 0. The molecular weight excluding hydrogens is 226 g/mol. The lowest BCUT2D eigenvalue weighted by Crippen LogP contribution is -2.44. The molecule has 0 bridgehead atoms. The van der Waals surface area contributed by atoms with Crippen molar-refractivity contribution >= 4 is 11.6 Å². The van der Waals surface area contributed by atoms with E-state index in [0.717, 1.165) is 24.1 Å². The molecule has 0 radical (unpaired) electrons. The van der Waals surface area contributed by atoms with E-state index in [9.17, 15) is 4.79 Å². The fraction of sp³-hybridized carbons (Fsp3) is 0.500. The monoisotopic (exact) mass is 249 g/mol. The first-order valence-corrected chi connectivity index (χ1v) is 6.36. The number of primary amides is 1. The van der Waals surface area contributed by atoms with Gasteiger partial charge in [0.1, 0.15) is 0 Å². The third kappa shape index (κ3) is 3.01. The summed E-state index contributed by atoms with van der Waals surface area (Å²) in [5, 5.41) is 3.47. The summed E-state index contributed by atoms with van der Waals surface area (Å²) >= 11 is 0. The highest BCUT2D eigenvalue weighted by Crippen LogP contribution is 2.23. The molecule has 0 unspecified atom stereocenters. The van der Waals surface area contributed by atoms with Crippen LogP contribution in [0.5, 0.6) is 0 Å². The van der Waals surface area contributed by atoms with Crippen LogP contribution in [0.1, 0.15) is 42.6 Å². The van der Waals surface area contributed by atoms with Gasteiger partial charge >= 0.3 is 0 Å². The molecule has 4 heteroatoms. The van der Waals surface area contributed by atoms with Gasteiger partial charge in [-0.3, -0.25) is 4.79 Å². The number of carbonyl (C=O) groups is 1. The van der Waals surface area contributed by atoms with Gasteiger partial charge in [-0.15, -0.1) is 0 Å². The molecule has 0 saturated carbocycles. The molecule has 0 saturated heterocycles. The molecule has 1 rings (SSSR count). The molecule has 0 heterocycles. The van der Waals surface area contributed by atoms with Gasteiger partial charge in [0.2, 0.25) is 5.91 Å². The minimum absolute atomic E-state index is 0.0827. The maximum absolute atomic E-state index is 11.2. The first-order chi connectivity index (χ1) is 8.48. The zero-order valence-electron chi connectivity index (χ0n) is 11.4. The normalized spacial score (nSPS) is 11.3. The standard InChI is InChI=1S/C14H23N3O/c1-4-14(5-2,9-15)17-11-6-7-12(13(16)18)10(3)8-11/h6-8,17H,4-5,9,15H2,1-3H3,(H2,16,18). The van der Waals surface area contributed by atoms with Crippen molar-refractivity contribution in [1.29, 1.82) is 0 Å². The van der Waals surface area contributed by atoms with Crippen LogP contribution in [-0.4, -0.2) is 18.0 Å². The van der Waals surface area contributed by atoms with Gasteiger partial charge < -0.3 is 16.8 Å². The van der Waals surface area contributed by atoms with Crippen LogP contribution in [0.4, 0.5) is 5.69 Å². The first kappa shape index (κ1) is 14.5. The zero-order valence-corrected chi connectivity index (χ0v) is 11.4. The van der Waals surface area contributed by atoms with Crippen molar-refractivity contribution in [2.24, 2.45) is 11.5 Å². The van der Waals surface area contributed by atoms with Crippen LogP contribution in [0.15, 0.2) is 18.2 Å². The highest BCUT2D eigenvalue weighted by Gasteiger charge is 2.23. The van der Waals surface area contributed by atoms with Crippen molar-refractivity contribution < 1.29 is 4.79 Å². The van der Waals surface area contributed by atoms with Gasteiger partial charge in [0.05, 0.1) is 0 Å². The second-order valence-corrected chi connectivity index (χ2v) is 4.71. The molecule has 0 aliphatic rings. The summed E-state index contributed by atoms with van der Waals surface area (Å²) in [7, 11) is 0. The summed E-state index contributed by atoms with van der Waals surface area (Å²) in [5.41, 5.74) is 13.5. The topological polar surface area (TPSA) is 81.1 Å². The Labute approximate surface area is 109 Å². The highest BCUT2D eigenvalue weighted by molar-refractivity contribution is 5.94. The van der Waals surface area contributed by atoms with Crippen molar-refractivity contribution in [2.75, 3.05) is 11.9 Å². The number of nitrogens with one attached hydrogen (secondary N) is 1. The average Bonchev–Trinajstić information content (AvgIpc) is 2.36. The fourth-order valence-corrected chi connectivity index (χ4v) is 2.09. The molecule has 1 aromatic rings. The molecule has 1 aromatic carbocycles. The molecule has 1 amide bonds. The number of benzene rings is 1. The quantitative estimate of drug-likeness (QED) is 0.721. The van der Waals surface area contributed by atoms with Crippen LogP contribution >= 0.6 is 0 Å².